The molecule has 0 N–H and O–H groups in total. The fraction of sp³-hybridized carbons (Fsp3) is 0.727. The van der Waals surface area contributed by atoms with Gasteiger partial charge >= 0.3 is 0 Å². The molecule has 0 nitrogen and oxygen atoms in total. The largest absolute Gasteiger partial charge is 0.0654 e. The van der Waals surface area contributed by atoms with Crippen LogP contribution in [0.15, 0.2) is 30.3 Å². The van der Waals surface area contributed by atoms with Gasteiger partial charge in [0.2, 0.25) is 0 Å². The highest BCUT2D eigenvalue weighted by molar-refractivity contribution is 5.25. The Morgan fingerprint density at radius 2 is 1.00 bits per heavy atom. The lowest BCUT2D eigenvalue weighted by Crippen LogP contribution is -2.26. The molecule has 1 aromatic rings. The molecule has 0 saturated carbocycles. The highest BCUT2D eigenvalue weighted by Crippen LogP contribution is 2.40. The van der Waals surface area contributed by atoms with Gasteiger partial charge in [-0.15, -0.1) is 0 Å². The molecule has 0 fully saturated rings. The Morgan fingerprint density at radius 1 is 0.591 bits per heavy atom. The molecule has 0 spiro atoms. The summed E-state index contributed by atoms with van der Waals surface area (Å²) in [5.74, 6) is 0. The monoisotopic (exact) mass is 302 g/mol. The van der Waals surface area contributed by atoms with E-state index in [1.807, 2.05) is 0 Å². The molecule has 0 radical (unpaired) electrons. The molecule has 0 bridgehead atoms. The van der Waals surface area contributed by atoms with Gasteiger partial charge in [-0.25, -0.2) is 0 Å². The van der Waals surface area contributed by atoms with Crippen molar-refractivity contribution in [2.75, 3.05) is 0 Å². The van der Waals surface area contributed by atoms with Crippen LogP contribution in [0, 0.1) is 0 Å². The predicted octanol–water partition coefficient (Wildman–Crippen LogP) is 7.67. The van der Waals surface area contributed by atoms with Crippen molar-refractivity contribution in [3.8, 4) is 0 Å². The average Bonchev–Trinajstić information content (AvgIpc) is 2.56. The predicted molar refractivity (Wildman–Crippen MR) is 101 cm³/mol. The van der Waals surface area contributed by atoms with E-state index in [2.05, 4.69) is 51.1 Å². The van der Waals surface area contributed by atoms with E-state index < -0.39 is 0 Å². The minimum Gasteiger partial charge on any atom is -0.0654 e. The first-order valence-electron chi connectivity index (χ1n) is 9.84. The second-order valence-corrected chi connectivity index (χ2v) is 7.02. The molecule has 126 valence electrons. The summed E-state index contributed by atoms with van der Waals surface area (Å²) >= 11 is 0. The molecule has 0 aromatic heterocycles. The van der Waals surface area contributed by atoms with Crippen LogP contribution in [0.25, 0.3) is 0 Å². The lowest BCUT2D eigenvalue weighted by atomic mass is 9.69. The summed E-state index contributed by atoms with van der Waals surface area (Å²) < 4.78 is 0. The standard InChI is InChI=1S/C22H38/c1-4-7-13-18-22(19-14-8-5-2,20-15-9-6-3)21-16-11-10-12-17-21/h10-12,16-17H,4-9,13-15,18-20H2,1-3H3. The molecule has 0 aliphatic heterocycles. The average molecular weight is 303 g/mol. The summed E-state index contributed by atoms with van der Waals surface area (Å²) in [6, 6.07) is 11.4. The van der Waals surface area contributed by atoms with Crippen LogP contribution in [0.5, 0.6) is 0 Å². The van der Waals surface area contributed by atoms with Gasteiger partial charge in [-0.3, -0.25) is 0 Å². The molecule has 0 heteroatoms. The summed E-state index contributed by atoms with van der Waals surface area (Å²) in [7, 11) is 0. The van der Waals surface area contributed by atoms with Gasteiger partial charge in [0, 0.05) is 0 Å². The fourth-order valence-electron chi connectivity index (χ4n) is 3.74. The maximum atomic E-state index is 2.39. The van der Waals surface area contributed by atoms with Crippen LogP contribution >= 0.6 is 0 Å². The van der Waals surface area contributed by atoms with Crippen molar-refractivity contribution in [2.24, 2.45) is 0 Å². The van der Waals surface area contributed by atoms with Crippen LogP contribution in [0.4, 0.5) is 0 Å². The van der Waals surface area contributed by atoms with Crippen molar-refractivity contribution in [1.82, 2.24) is 0 Å². The second-order valence-electron chi connectivity index (χ2n) is 7.02. The van der Waals surface area contributed by atoms with E-state index in [0.717, 1.165) is 0 Å². The molecule has 22 heavy (non-hydrogen) atoms. The number of hydrogen-bond donors (Lipinski definition) is 0. The second kappa shape index (κ2) is 11.7. The molecule has 0 atom stereocenters. The summed E-state index contributed by atoms with van der Waals surface area (Å²) in [5, 5.41) is 0. The van der Waals surface area contributed by atoms with Crippen molar-refractivity contribution < 1.29 is 0 Å². The van der Waals surface area contributed by atoms with E-state index in [-0.39, 0.29) is 0 Å². The molecular weight excluding hydrogens is 264 g/mol. The minimum atomic E-state index is 0.445. The fourth-order valence-corrected chi connectivity index (χ4v) is 3.74. The van der Waals surface area contributed by atoms with Gasteiger partial charge in [0.15, 0.2) is 0 Å². The smallest absolute Gasteiger partial charge is 0.00470 e. The molecule has 0 heterocycles. The van der Waals surface area contributed by atoms with E-state index in [4.69, 9.17) is 0 Å². The van der Waals surface area contributed by atoms with Gasteiger partial charge in [-0.1, -0.05) is 109 Å². The molecule has 0 saturated heterocycles. The van der Waals surface area contributed by atoms with E-state index in [9.17, 15) is 0 Å². The Hall–Kier alpha value is -0.780. The first-order chi connectivity index (χ1) is 10.8. The summed E-state index contributed by atoms with van der Waals surface area (Å²) in [6.07, 6.45) is 16.5. The third-order valence-corrected chi connectivity index (χ3v) is 5.16. The number of rotatable bonds is 13. The number of benzene rings is 1. The van der Waals surface area contributed by atoms with E-state index in [1.165, 1.54) is 77.0 Å². The maximum absolute atomic E-state index is 2.39. The lowest BCUT2D eigenvalue weighted by Gasteiger charge is -2.35. The zero-order valence-electron chi connectivity index (χ0n) is 15.4. The highest BCUT2D eigenvalue weighted by Gasteiger charge is 2.30. The van der Waals surface area contributed by atoms with Crippen molar-refractivity contribution in [3.05, 3.63) is 35.9 Å². The van der Waals surface area contributed by atoms with E-state index in [1.54, 1.807) is 5.56 Å². The molecule has 0 aliphatic carbocycles. The van der Waals surface area contributed by atoms with Crippen LogP contribution in [-0.2, 0) is 5.41 Å². The molecular formula is C22H38. The topological polar surface area (TPSA) is 0 Å². The Kier molecular flexibility index (Phi) is 10.3. The molecule has 0 aliphatic rings. The Balaban J connectivity index is 2.88. The highest BCUT2D eigenvalue weighted by atomic mass is 14.3. The van der Waals surface area contributed by atoms with Crippen molar-refractivity contribution in [2.45, 2.75) is 103 Å². The Bertz CT molecular complexity index is 325. The summed E-state index contributed by atoms with van der Waals surface area (Å²) in [4.78, 5) is 0. The number of hydrogen-bond acceptors (Lipinski definition) is 0. The van der Waals surface area contributed by atoms with Crippen LogP contribution in [0.1, 0.15) is 103 Å². The summed E-state index contributed by atoms with van der Waals surface area (Å²) in [5.41, 5.74) is 2.05. The first-order valence-corrected chi connectivity index (χ1v) is 9.84. The van der Waals surface area contributed by atoms with Gasteiger partial charge in [0.1, 0.15) is 0 Å². The SMILES string of the molecule is CCCCCC(CCCCC)(CCCCC)c1ccccc1. The van der Waals surface area contributed by atoms with Gasteiger partial charge in [-0.05, 0) is 30.2 Å². The molecule has 0 amide bonds. The third kappa shape index (κ3) is 6.55. The first kappa shape index (κ1) is 19.3. The zero-order valence-corrected chi connectivity index (χ0v) is 15.4. The Morgan fingerprint density at radius 3 is 1.36 bits per heavy atom. The van der Waals surface area contributed by atoms with Gasteiger partial charge in [0.05, 0.1) is 0 Å². The number of unbranched alkanes of at least 4 members (excludes halogenated alkanes) is 6. The minimum absolute atomic E-state index is 0.445. The van der Waals surface area contributed by atoms with Gasteiger partial charge in [0.25, 0.3) is 0 Å². The molecule has 1 aromatic carbocycles. The van der Waals surface area contributed by atoms with E-state index >= 15 is 0 Å². The van der Waals surface area contributed by atoms with Crippen molar-refractivity contribution in [1.29, 1.82) is 0 Å². The van der Waals surface area contributed by atoms with Gasteiger partial charge in [-0.2, -0.15) is 0 Å². The van der Waals surface area contributed by atoms with E-state index in [0.29, 0.717) is 5.41 Å². The third-order valence-electron chi connectivity index (χ3n) is 5.16. The van der Waals surface area contributed by atoms with Crippen molar-refractivity contribution >= 4 is 0 Å². The summed E-state index contributed by atoms with van der Waals surface area (Å²) in [6.45, 7) is 6.95. The van der Waals surface area contributed by atoms with Gasteiger partial charge < -0.3 is 0 Å². The van der Waals surface area contributed by atoms with Crippen LogP contribution in [0.2, 0.25) is 0 Å². The van der Waals surface area contributed by atoms with Crippen molar-refractivity contribution in [3.63, 3.8) is 0 Å². The lowest BCUT2D eigenvalue weighted by molar-refractivity contribution is 0.303. The van der Waals surface area contributed by atoms with Crippen LogP contribution < -0.4 is 0 Å². The van der Waals surface area contributed by atoms with Crippen LogP contribution in [0.3, 0.4) is 0 Å². The quantitative estimate of drug-likeness (QED) is 0.328. The van der Waals surface area contributed by atoms with Crippen LogP contribution in [-0.4, -0.2) is 0 Å². The zero-order chi connectivity index (χ0) is 16.1. The molecule has 1 rings (SSSR count). The normalized spacial score (nSPS) is 11.8. The molecule has 0 unspecified atom stereocenters. The maximum Gasteiger partial charge on any atom is -0.00470 e. The Labute approximate surface area is 139 Å².